The van der Waals surface area contributed by atoms with E-state index in [2.05, 4.69) is 5.32 Å². The first-order chi connectivity index (χ1) is 9.77. The third kappa shape index (κ3) is 4.40. The van der Waals surface area contributed by atoms with E-state index < -0.39 is 0 Å². The smallest absolute Gasteiger partial charge is 0.256 e. The number of carbonyl (C=O) groups excluding carboxylic acids is 1. The lowest BCUT2D eigenvalue weighted by atomic mass is 10.2. The number of furan rings is 1. The Labute approximate surface area is 122 Å². The van der Waals surface area contributed by atoms with Crippen LogP contribution in [0, 0.1) is 0 Å². The quantitative estimate of drug-likeness (QED) is 0.797. The maximum Gasteiger partial charge on any atom is 0.256 e. The molecule has 1 amide bonds. The summed E-state index contributed by atoms with van der Waals surface area (Å²) in [4.78, 5) is 11.7. The molecule has 1 aromatic heterocycles. The number of rotatable bonds is 7. The summed E-state index contributed by atoms with van der Waals surface area (Å²) in [5.41, 5.74) is 1.50. The zero-order valence-electron chi connectivity index (χ0n) is 11.0. The molecule has 0 unspecified atom stereocenters. The van der Waals surface area contributed by atoms with Crippen molar-refractivity contribution in [1.82, 2.24) is 5.32 Å². The molecule has 1 aromatic carbocycles. The lowest BCUT2D eigenvalue weighted by molar-refractivity contribution is 0.0934. The van der Waals surface area contributed by atoms with Gasteiger partial charge in [0.15, 0.2) is 0 Å². The molecule has 0 radical (unpaired) electrons. The number of hydrogen-bond acceptors (Lipinski definition) is 3. The maximum atomic E-state index is 11.7. The summed E-state index contributed by atoms with van der Waals surface area (Å²) in [5, 5.41) is 2.87. The van der Waals surface area contributed by atoms with Crippen LogP contribution in [0.15, 0.2) is 47.1 Å². The van der Waals surface area contributed by atoms with Crippen LogP contribution in [0.25, 0.3) is 0 Å². The van der Waals surface area contributed by atoms with Gasteiger partial charge in [-0.25, -0.2) is 0 Å². The first-order valence-electron chi connectivity index (χ1n) is 6.40. The Bertz CT molecular complexity index is 539. The standard InChI is InChI=1S/C15H16ClNO3/c16-14-13(7-10-20-14)15(18)17-8-4-9-19-11-12-5-2-1-3-6-12/h1-3,5-7,10H,4,8-9,11H2,(H,17,18). The van der Waals surface area contributed by atoms with Crippen molar-refractivity contribution in [3.63, 3.8) is 0 Å². The Balaban J connectivity index is 1.58. The molecule has 4 nitrogen and oxygen atoms in total. The number of nitrogens with one attached hydrogen (secondary N) is 1. The molecule has 0 spiro atoms. The van der Waals surface area contributed by atoms with Gasteiger partial charge in [0.05, 0.1) is 18.4 Å². The van der Waals surface area contributed by atoms with Crippen LogP contribution in [-0.2, 0) is 11.3 Å². The van der Waals surface area contributed by atoms with Crippen LogP contribution in [0.3, 0.4) is 0 Å². The van der Waals surface area contributed by atoms with Gasteiger partial charge in [0, 0.05) is 13.2 Å². The minimum Gasteiger partial charge on any atom is -0.452 e. The van der Waals surface area contributed by atoms with Gasteiger partial charge in [-0.15, -0.1) is 0 Å². The van der Waals surface area contributed by atoms with Crippen molar-refractivity contribution >= 4 is 17.5 Å². The van der Waals surface area contributed by atoms with Crippen molar-refractivity contribution in [2.24, 2.45) is 0 Å². The minimum atomic E-state index is -0.230. The third-order valence-electron chi connectivity index (χ3n) is 2.73. The van der Waals surface area contributed by atoms with Crippen LogP contribution in [0.1, 0.15) is 22.3 Å². The average molecular weight is 294 g/mol. The molecule has 0 aliphatic carbocycles. The lowest BCUT2D eigenvalue weighted by Gasteiger charge is -2.05. The zero-order chi connectivity index (χ0) is 14.2. The monoisotopic (exact) mass is 293 g/mol. The molecular formula is C15H16ClNO3. The van der Waals surface area contributed by atoms with Gasteiger partial charge in [-0.05, 0) is 29.7 Å². The maximum absolute atomic E-state index is 11.7. The summed E-state index contributed by atoms with van der Waals surface area (Å²) in [6.45, 7) is 1.71. The van der Waals surface area contributed by atoms with Gasteiger partial charge in [-0.2, -0.15) is 0 Å². The molecule has 2 aromatic rings. The third-order valence-corrected chi connectivity index (χ3v) is 3.02. The molecule has 2 rings (SSSR count). The second-order valence-corrected chi connectivity index (χ2v) is 4.60. The van der Waals surface area contributed by atoms with E-state index in [4.69, 9.17) is 20.8 Å². The first-order valence-corrected chi connectivity index (χ1v) is 6.78. The van der Waals surface area contributed by atoms with Crippen molar-refractivity contribution in [3.8, 4) is 0 Å². The van der Waals surface area contributed by atoms with Gasteiger partial charge in [0.25, 0.3) is 5.91 Å². The molecule has 0 fully saturated rings. The number of ether oxygens (including phenoxy) is 1. The minimum absolute atomic E-state index is 0.114. The van der Waals surface area contributed by atoms with Crippen molar-refractivity contribution in [3.05, 3.63) is 59.0 Å². The number of hydrogen-bond donors (Lipinski definition) is 1. The Kier molecular flexibility index (Phi) is 5.65. The van der Waals surface area contributed by atoms with E-state index >= 15 is 0 Å². The van der Waals surface area contributed by atoms with E-state index in [1.54, 1.807) is 6.07 Å². The van der Waals surface area contributed by atoms with Crippen molar-refractivity contribution < 1.29 is 13.9 Å². The molecule has 0 bridgehead atoms. The van der Waals surface area contributed by atoms with Gasteiger partial charge in [-0.3, -0.25) is 4.79 Å². The van der Waals surface area contributed by atoms with Crippen LogP contribution in [0.4, 0.5) is 0 Å². The van der Waals surface area contributed by atoms with E-state index in [0.717, 1.165) is 12.0 Å². The normalized spacial score (nSPS) is 10.4. The first kappa shape index (κ1) is 14.6. The highest BCUT2D eigenvalue weighted by Crippen LogP contribution is 2.15. The second-order valence-electron chi connectivity index (χ2n) is 4.26. The van der Waals surface area contributed by atoms with E-state index in [1.807, 2.05) is 30.3 Å². The summed E-state index contributed by atoms with van der Waals surface area (Å²) in [6, 6.07) is 11.5. The Morgan fingerprint density at radius 1 is 1.25 bits per heavy atom. The van der Waals surface area contributed by atoms with E-state index in [1.165, 1.54) is 6.26 Å². The van der Waals surface area contributed by atoms with Crippen molar-refractivity contribution in [2.45, 2.75) is 13.0 Å². The van der Waals surface area contributed by atoms with Crippen molar-refractivity contribution in [1.29, 1.82) is 0 Å². The molecule has 0 atom stereocenters. The topological polar surface area (TPSA) is 51.5 Å². The fourth-order valence-corrected chi connectivity index (χ4v) is 1.89. The highest BCUT2D eigenvalue weighted by molar-refractivity contribution is 6.32. The zero-order valence-corrected chi connectivity index (χ0v) is 11.7. The highest BCUT2D eigenvalue weighted by atomic mass is 35.5. The predicted octanol–water partition coefficient (Wildman–Crippen LogP) is 3.27. The molecule has 0 aliphatic rings. The molecule has 20 heavy (non-hydrogen) atoms. The number of benzene rings is 1. The molecule has 106 valence electrons. The fraction of sp³-hybridized carbons (Fsp3) is 0.267. The Hall–Kier alpha value is -1.78. The molecule has 1 N–H and O–H groups in total. The Morgan fingerprint density at radius 2 is 2.05 bits per heavy atom. The molecular weight excluding hydrogens is 278 g/mol. The highest BCUT2D eigenvalue weighted by Gasteiger charge is 2.11. The average Bonchev–Trinajstić information content (AvgIpc) is 2.90. The van der Waals surface area contributed by atoms with Gasteiger partial charge in [0.2, 0.25) is 5.22 Å². The molecule has 0 aliphatic heterocycles. The molecule has 5 heteroatoms. The molecule has 0 saturated heterocycles. The number of amides is 1. The van der Waals surface area contributed by atoms with Crippen molar-refractivity contribution in [2.75, 3.05) is 13.2 Å². The summed E-state index contributed by atoms with van der Waals surface area (Å²) < 4.78 is 10.4. The van der Waals surface area contributed by atoms with Crippen LogP contribution < -0.4 is 5.32 Å². The predicted molar refractivity (Wildman–Crippen MR) is 76.8 cm³/mol. The van der Waals surface area contributed by atoms with E-state index in [-0.39, 0.29) is 11.1 Å². The van der Waals surface area contributed by atoms with Crippen LogP contribution >= 0.6 is 11.6 Å². The molecule has 1 heterocycles. The second kappa shape index (κ2) is 7.72. The number of carbonyl (C=O) groups is 1. The van der Waals surface area contributed by atoms with Gasteiger partial charge >= 0.3 is 0 Å². The summed E-state index contributed by atoms with van der Waals surface area (Å²) in [6.07, 6.45) is 2.13. The van der Waals surface area contributed by atoms with Gasteiger partial charge in [0.1, 0.15) is 0 Å². The summed E-state index contributed by atoms with van der Waals surface area (Å²) >= 11 is 5.71. The number of halogens is 1. The summed E-state index contributed by atoms with van der Waals surface area (Å²) in [7, 11) is 0. The van der Waals surface area contributed by atoms with Gasteiger partial charge < -0.3 is 14.5 Å². The fourth-order valence-electron chi connectivity index (χ4n) is 1.69. The molecule has 0 saturated carbocycles. The van der Waals surface area contributed by atoms with Crippen LogP contribution in [-0.4, -0.2) is 19.1 Å². The Morgan fingerprint density at radius 3 is 2.75 bits per heavy atom. The van der Waals surface area contributed by atoms with Crippen LogP contribution in [0.5, 0.6) is 0 Å². The summed E-state index contributed by atoms with van der Waals surface area (Å²) in [5.74, 6) is -0.230. The van der Waals surface area contributed by atoms with Gasteiger partial charge in [-0.1, -0.05) is 30.3 Å². The largest absolute Gasteiger partial charge is 0.452 e. The SMILES string of the molecule is O=C(NCCCOCc1ccccc1)c1ccoc1Cl. The van der Waals surface area contributed by atoms with E-state index in [0.29, 0.717) is 25.3 Å². The van der Waals surface area contributed by atoms with E-state index in [9.17, 15) is 4.79 Å². The lowest BCUT2D eigenvalue weighted by Crippen LogP contribution is -2.25. The van der Waals surface area contributed by atoms with Crippen LogP contribution in [0.2, 0.25) is 5.22 Å².